The molecule has 0 atom stereocenters. The van der Waals surface area contributed by atoms with Crippen molar-refractivity contribution < 1.29 is 15.7 Å². The van der Waals surface area contributed by atoms with Gasteiger partial charge in [0.2, 0.25) is 0 Å². The molecule has 3 nitrogen and oxygen atoms in total. The van der Waals surface area contributed by atoms with Crippen LogP contribution in [0.25, 0.3) is 0 Å². The summed E-state index contributed by atoms with van der Waals surface area (Å²) in [5.41, 5.74) is 0. The zero-order valence-corrected chi connectivity index (χ0v) is 3.59. The van der Waals surface area contributed by atoms with Gasteiger partial charge in [-0.25, -0.2) is 0 Å². The second kappa shape index (κ2) is 4.88. The van der Waals surface area contributed by atoms with Crippen molar-refractivity contribution in [1.29, 1.82) is 0 Å². The normalized spacial score (nSPS) is 8.00. The van der Waals surface area contributed by atoms with Gasteiger partial charge in [-0.1, -0.05) is 6.92 Å². The largest absolute Gasteiger partial charge is 0.368 e. The molecule has 38 valence electrons. The smallest absolute Gasteiger partial charge is 0.151 e. The second-order valence-electron chi connectivity index (χ2n) is 0.889. The van der Waals surface area contributed by atoms with Crippen LogP contribution in [0.15, 0.2) is 0 Å². The molecule has 0 rings (SSSR count). The molecule has 0 heterocycles. The van der Waals surface area contributed by atoms with Crippen LogP contribution in [-0.4, -0.2) is 16.5 Å². The standard InChI is InChI=1S/C3H8O2.O/c1-2-3(4)5;/h3-5H,2H2,1H3;. The Morgan fingerprint density at radius 3 is 1.67 bits per heavy atom. The number of hydrogen-bond acceptors (Lipinski definition) is 2. The van der Waals surface area contributed by atoms with Crippen molar-refractivity contribution in [1.82, 2.24) is 0 Å². The highest BCUT2D eigenvalue weighted by Gasteiger charge is 1.83. The summed E-state index contributed by atoms with van der Waals surface area (Å²) in [6, 6.07) is 0. The molecule has 0 bridgehead atoms. The Hall–Kier alpha value is -0.120. The highest BCUT2D eigenvalue weighted by atomic mass is 16.5. The average molecular weight is 92.1 g/mol. The van der Waals surface area contributed by atoms with E-state index in [1.165, 1.54) is 0 Å². The molecular weight excluding hydrogens is 84.0 g/mol. The van der Waals surface area contributed by atoms with E-state index in [1.807, 2.05) is 0 Å². The van der Waals surface area contributed by atoms with Crippen molar-refractivity contribution in [2.45, 2.75) is 19.6 Å². The van der Waals surface area contributed by atoms with Crippen LogP contribution in [-0.2, 0) is 5.48 Å². The Balaban J connectivity index is 0. The van der Waals surface area contributed by atoms with Gasteiger partial charge in [0.15, 0.2) is 6.29 Å². The number of aliphatic hydroxyl groups is 2. The van der Waals surface area contributed by atoms with E-state index >= 15 is 0 Å². The Morgan fingerprint density at radius 1 is 1.50 bits per heavy atom. The third-order valence-electron chi connectivity index (χ3n) is 0.365. The van der Waals surface area contributed by atoms with Gasteiger partial charge < -0.3 is 10.2 Å². The molecule has 0 fully saturated rings. The quantitative estimate of drug-likeness (QED) is 0.431. The molecule has 6 heavy (non-hydrogen) atoms. The van der Waals surface area contributed by atoms with Gasteiger partial charge in [-0.15, -0.1) is 0 Å². The van der Waals surface area contributed by atoms with E-state index in [1.54, 1.807) is 6.92 Å². The van der Waals surface area contributed by atoms with Crippen LogP contribution in [0, 0.1) is 0 Å². The summed E-state index contributed by atoms with van der Waals surface area (Å²) in [6.07, 6.45) is -0.699. The molecule has 2 N–H and O–H groups in total. The van der Waals surface area contributed by atoms with Gasteiger partial charge in [0.1, 0.15) is 0 Å². The van der Waals surface area contributed by atoms with Crippen LogP contribution < -0.4 is 0 Å². The van der Waals surface area contributed by atoms with Gasteiger partial charge >= 0.3 is 0 Å². The minimum absolute atomic E-state index is 0. The van der Waals surface area contributed by atoms with Gasteiger partial charge in [-0.05, 0) is 6.42 Å². The monoisotopic (exact) mass is 92.0 g/mol. The van der Waals surface area contributed by atoms with E-state index < -0.39 is 6.29 Å². The van der Waals surface area contributed by atoms with Crippen molar-refractivity contribution in [3.8, 4) is 0 Å². The molecule has 0 spiro atoms. The van der Waals surface area contributed by atoms with Gasteiger partial charge in [0.25, 0.3) is 0 Å². The predicted octanol–water partition coefficient (Wildman–Crippen LogP) is -0.412. The molecule has 0 amide bonds. The first-order chi connectivity index (χ1) is 2.27. The summed E-state index contributed by atoms with van der Waals surface area (Å²) in [4.78, 5) is 0. The van der Waals surface area contributed by atoms with E-state index in [0.717, 1.165) is 0 Å². The van der Waals surface area contributed by atoms with Gasteiger partial charge in [0, 0.05) is 5.48 Å². The first-order valence-corrected chi connectivity index (χ1v) is 1.63. The van der Waals surface area contributed by atoms with E-state index in [-0.39, 0.29) is 5.48 Å². The highest BCUT2D eigenvalue weighted by Crippen LogP contribution is 1.77. The lowest BCUT2D eigenvalue weighted by Gasteiger charge is -1.90. The number of rotatable bonds is 1. The zero-order chi connectivity index (χ0) is 4.28. The van der Waals surface area contributed by atoms with Crippen LogP contribution in [0.1, 0.15) is 13.3 Å². The van der Waals surface area contributed by atoms with Crippen LogP contribution in [0.5, 0.6) is 0 Å². The summed E-state index contributed by atoms with van der Waals surface area (Å²) in [5.74, 6) is 0. The Labute approximate surface area is 36.5 Å². The second-order valence-corrected chi connectivity index (χ2v) is 0.889. The van der Waals surface area contributed by atoms with Gasteiger partial charge in [-0.3, -0.25) is 0 Å². The molecule has 0 aliphatic rings. The lowest BCUT2D eigenvalue weighted by Crippen LogP contribution is -1.99. The van der Waals surface area contributed by atoms with E-state index in [4.69, 9.17) is 10.2 Å². The highest BCUT2D eigenvalue weighted by molar-refractivity contribution is 4.21. The summed E-state index contributed by atoms with van der Waals surface area (Å²) in [7, 11) is 0. The first-order valence-electron chi connectivity index (χ1n) is 1.63. The molecule has 0 aliphatic carbocycles. The molecule has 0 aromatic heterocycles. The van der Waals surface area contributed by atoms with Crippen LogP contribution >= 0.6 is 0 Å². The summed E-state index contributed by atoms with van der Waals surface area (Å²) >= 11 is 0. The third-order valence-corrected chi connectivity index (χ3v) is 0.365. The number of aliphatic hydroxyl groups excluding tert-OH is 1. The maximum Gasteiger partial charge on any atom is 0.151 e. The van der Waals surface area contributed by atoms with Crippen molar-refractivity contribution in [2.75, 3.05) is 0 Å². The fourth-order valence-corrected chi connectivity index (χ4v) is 0. The minimum Gasteiger partial charge on any atom is -0.368 e. The molecule has 0 aromatic carbocycles. The van der Waals surface area contributed by atoms with Crippen molar-refractivity contribution in [3.05, 3.63) is 0 Å². The molecule has 0 unspecified atom stereocenters. The van der Waals surface area contributed by atoms with Gasteiger partial charge in [-0.2, -0.15) is 0 Å². The molecular formula is C3H8O3. The maximum atomic E-state index is 7.92. The topological polar surface area (TPSA) is 69.0 Å². The Morgan fingerprint density at radius 2 is 1.67 bits per heavy atom. The molecule has 2 radical (unpaired) electrons. The molecule has 0 aromatic rings. The fraction of sp³-hybridized carbons (Fsp3) is 1.00. The van der Waals surface area contributed by atoms with Crippen LogP contribution in [0.2, 0.25) is 0 Å². The Bertz CT molecular complexity index is 20.0. The van der Waals surface area contributed by atoms with E-state index in [2.05, 4.69) is 0 Å². The summed E-state index contributed by atoms with van der Waals surface area (Å²) in [6.45, 7) is 1.70. The van der Waals surface area contributed by atoms with Crippen molar-refractivity contribution in [3.63, 3.8) is 0 Å². The average Bonchev–Trinajstić information content (AvgIpc) is 1.38. The van der Waals surface area contributed by atoms with Gasteiger partial charge in [0.05, 0.1) is 0 Å². The lowest BCUT2D eigenvalue weighted by atomic mass is 10.5. The lowest BCUT2D eigenvalue weighted by molar-refractivity contribution is -0.0413. The van der Waals surface area contributed by atoms with Crippen molar-refractivity contribution >= 4 is 0 Å². The minimum atomic E-state index is -1.12. The summed E-state index contributed by atoms with van der Waals surface area (Å²) < 4.78 is 0. The zero-order valence-electron chi connectivity index (χ0n) is 3.59. The van der Waals surface area contributed by atoms with E-state index in [0.29, 0.717) is 6.42 Å². The predicted molar refractivity (Wildman–Crippen MR) is 19.2 cm³/mol. The molecule has 3 heteroatoms. The molecule has 0 saturated heterocycles. The molecule has 0 aliphatic heterocycles. The molecule has 0 saturated carbocycles. The van der Waals surface area contributed by atoms with Crippen LogP contribution in [0.4, 0.5) is 0 Å². The number of hydrogen-bond donors (Lipinski definition) is 2. The Kier molecular flexibility index (Phi) is 7.57. The fourth-order valence-electron chi connectivity index (χ4n) is 0. The van der Waals surface area contributed by atoms with Crippen molar-refractivity contribution in [2.24, 2.45) is 0 Å². The maximum absolute atomic E-state index is 7.92. The first kappa shape index (κ1) is 9.30. The SMILES string of the molecule is CCC(O)O.[O]. The van der Waals surface area contributed by atoms with E-state index in [9.17, 15) is 0 Å². The third kappa shape index (κ3) is 9.11. The summed E-state index contributed by atoms with van der Waals surface area (Å²) in [5, 5.41) is 15.8. The van der Waals surface area contributed by atoms with Crippen LogP contribution in [0.3, 0.4) is 0 Å².